The Bertz CT molecular complexity index is 810. The molecule has 0 aromatic heterocycles. The zero-order chi connectivity index (χ0) is 15.8. The van der Waals surface area contributed by atoms with Crippen molar-refractivity contribution in [1.82, 2.24) is 0 Å². The van der Waals surface area contributed by atoms with Crippen molar-refractivity contribution in [2.75, 3.05) is 10.5 Å². The highest BCUT2D eigenvalue weighted by Crippen LogP contribution is 2.29. The molecular formula is C13H11Cl2FN2O2S. The fraction of sp³-hybridized carbons (Fsp3) is 0.0769. The Morgan fingerprint density at radius 2 is 1.86 bits per heavy atom. The molecule has 21 heavy (non-hydrogen) atoms. The molecule has 0 unspecified atom stereocenters. The number of aryl methyl sites for hydroxylation is 1. The first kappa shape index (κ1) is 15.9. The van der Waals surface area contributed by atoms with Crippen molar-refractivity contribution in [1.29, 1.82) is 0 Å². The SMILES string of the molecule is Cc1ccc(Cl)c(NS(=O)(=O)c2cc(Cl)cc(N)c2F)c1. The zero-order valence-electron chi connectivity index (χ0n) is 10.8. The third kappa shape index (κ3) is 3.40. The first-order valence-corrected chi connectivity index (χ1v) is 7.98. The van der Waals surface area contributed by atoms with Crippen LogP contribution in [-0.2, 0) is 10.0 Å². The summed E-state index contributed by atoms with van der Waals surface area (Å²) in [5.74, 6) is -1.06. The maximum atomic E-state index is 13.9. The molecule has 4 nitrogen and oxygen atoms in total. The molecule has 112 valence electrons. The molecule has 2 aromatic rings. The van der Waals surface area contributed by atoms with E-state index >= 15 is 0 Å². The maximum absolute atomic E-state index is 13.9. The number of nitrogen functional groups attached to an aromatic ring is 1. The normalized spacial score (nSPS) is 11.4. The molecule has 8 heteroatoms. The minimum atomic E-state index is -4.20. The highest BCUT2D eigenvalue weighted by atomic mass is 35.5. The van der Waals surface area contributed by atoms with Crippen molar-refractivity contribution in [3.63, 3.8) is 0 Å². The minimum Gasteiger partial charge on any atom is -0.396 e. The Morgan fingerprint density at radius 3 is 2.52 bits per heavy atom. The number of anilines is 2. The summed E-state index contributed by atoms with van der Waals surface area (Å²) in [6, 6.07) is 6.91. The van der Waals surface area contributed by atoms with E-state index in [2.05, 4.69) is 4.72 Å². The van der Waals surface area contributed by atoms with Gasteiger partial charge in [0.05, 0.1) is 16.4 Å². The molecule has 0 spiro atoms. The molecule has 0 heterocycles. The number of benzene rings is 2. The Morgan fingerprint density at radius 1 is 1.19 bits per heavy atom. The predicted molar refractivity (Wildman–Crippen MR) is 82.8 cm³/mol. The summed E-state index contributed by atoms with van der Waals surface area (Å²) < 4.78 is 40.7. The van der Waals surface area contributed by atoms with Crippen molar-refractivity contribution in [3.05, 3.63) is 51.8 Å². The predicted octanol–water partition coefficient (Wildman–Crippen LogP) is 3.82. The molecule has 0 saturated carbocycles. The third-order valence-electron chi connectivity index (χ3n) is 2.69. The van der Waals surface area contributed by atoms with Crippen LogP contribution in [0.25, 0.3) is 0 Å². The highest BCUT2D eigenvalue weighted by Gasteiger charge is 2.22. The van der Waals surface area contributed by atoms with Crippen LogP contribution in [-0.4, -0.2) is 8.42 Å². The molecule has 3 N–H and O–H groups in total. The van der Waals surface area contributed by atoms with Crippen molar-refractivity contribution in [2.45, 2.75) is 11.8 Å². The van der Waals surface area contributed by atoms with Crippen LogP contribution in [0.2, 0.25) is 10.0 Å². The molecule has 0 aliphatic heterocycles. The lowest BCUT2D eigenvalue weighted by atomic mass is 10.2. The minimum absolute atomic E-state index is 0.0182. The summed E-state index contributed by atoms with van der Waals surface area (Å²) >= 11 is 11.6. The van der Waals surface area contributed by atoms with Gasteiger partial charge in [0, 0.05) is 5.02 Å². The van der Waals surface area contributed by atoms with Crippen LogP contribution in [0, 0.1) is 12.7 Å². The van der Waals surface area contributed by atoms with Crippen molar-refractivity contribution < 1.29 is 12.8 Å². The number of nitrogens with one attached hydrogen (secondary N) is 1. The molecule has 0 saturated heterocycles. The van der Waals surface area contributed by atoms with Crippen molar-refractivity contribution >= 4 is 44.6 Å². The largest absolute Gasteiger partial charge is 0.396 e. The van der Waals surface area contributed by atoms with Gasteiger partial charge in [0.25, 0.3) is 10.0 Å². The molecular weight excluding hydrogens is 338 g/mol. The van der Waals surface area contributed by atoms with E-state index in [9.17, 15) is 12.8 Å². The molecule has 0 aliphatic carbocycles. The van der Waals surface area contributed by atoms with E-state index in [-0.39, 0.29) is 21.4 Å². The first-order valence-electron chi connectivity index (χ1n) is 5.74. The van der Waals surface area contributed by atoms with Crippen molar-refractivity contribution in [3.8, 4) is 0 Å². The Labute approximate surface area is 131 Å². The van der Waals surface area contributed by atoms with Gasteiger partial charge in [-0.05, 0) is 36.8 Å². The molecule has 0 amide bonds. The fourth-order valence-electron chi connectivity index (χ4n) is 1.70. The second kappa shape index (κ2) is 5.71. The van der Waals surface area contributed by atoms with Gasteiger partial charge >= 0.3 is 0 Å². The topological polar surface area (TPSA) is 72.2 Å². The van der Waals surface area contributed by atoms with Gasteiger partial charge in [0.15, 0.2) is 5.82 Å². The monoisotopic (exact) mass is 348 g/mol. The molecule has 0 fully saturated rings. The van der Waals surface area contributed by atoms with Gasteiger partial charge in [0.2, 0.25) is 0 Å². The lowest BCUT2D eigenvalue weighted by Gasteiger charge is -2.12. The van der Waals surface area contributed by atoms with E-state index in [1.165, 1.54) is 12.1 Å². The molecule has 0 bridgehead atoms. The molecule has 0 radical (unpaired) electrons. The van der Waals surface area contributed by atoms with E-state index in [0.29, 0.717) is 0 Å². The average molecular weight is 349 g/mol. The van der Waals surface area contributed by atoms with Crippen LogP contribution >= 0.6 is 23.2 Å². The molecule has 0 atom stereocenters. The van der Waals surface area contributed by atoms with E-state index in [1.54, 1.807) is 13.0 Å². The van der Waals surface area contributed by atoms with Gasteiger partial charge in [-0.2, -0.15) is 0 Å². The van der Waals surface area contributed by atoms with Gasteiger partial charge < -0.3 is 5.73 Å². The molecule has 0 aliphatic rings. The number of nitrogens with two attached hydrogens (primary N) is 1. The smallest absolute Gasteiger partial charge is 0.264 e. The van der Waals surface area contributed by atoms with E-state index in [1.807, 2.05) is 0 Å². The van der Waals surface area contributed by atoms with E-state index < -0.39 is 20.7 Å². The van der Waals surface area contributed by atoms with Crippen LogP contribution in [0.15, 0.2) is 35.2 Å². The van der Waals surface area contributed by atoms with Crippen LogP contribution < -0.4 is 10.5 Å². The fourth-order valence-corrected chi connectivity index (χ4v) is 3.41. The third-order valence-corrected chi connectivity index (χ3v) is 4.60. The quantitative estimate of drug-likeness (QED) is 0.828. The second-order valence-electron chi connectivity index (χ2n) is 4.40. The van der Waals surface area contributed by atoms with Crippen molar-refractivity contribution in [2.24, 2.45) is 0 Å². The van der Waals surface area contributed by atoms with Gasteiger partial charge in [-0.3, -0.25) is 4.72 Å². The summed E-state index contributed by atoms with van der Waals surface area (Å²) in [5, 5.41) is 0.212. The molecule has 2 rings (SSSR count). The van der Waals surface area contributed by atoms with Gasteiger partial charge in [-0.15, -0.1) is 0 Å². The Hall–Kier alpha value is -1.50. The summed E-state index contributed by atoms with van der Waals surface area (Å²) in [6.45, 7) is 1.77. The second-order valence-corrected chi connectivity index (χ2v) is 6.89. The Balaban J connectivity index is 2.51. The van der Waals surface area contributed by atoms with Crippen LogP contribution in [0.3, 0.4) is 0 Å². The number of hydrogen-bond acceptors (Lipinski definition) is 3. The lowest BCUT2D eigenvalue weighted by Crippen LogP contribution is -2.16. The first-order chi connectivity index (χ1) is 9.70. The van der Waals surface area contributed by atoms with Gasteiger partial charge in [-0.25, -0.2) is 12.8 Å². The zero-order valence-corrected chi connectivity index (χ0v) is 13.2. The summed E-state index contributed by atoms with van der Waals surface area (Å²) in [6.07, 6.45) is 0. The van der Waals surface area contributed by atoms with Gasteiger partial charge in [-0.1, -0.05) is 29.3 Å². The molecule has 2 aromatic carbocycles. The number of sulfonamides is 1. The lowest BCUT2D eigenvalue weighted by molar-refractivity contribution is 0.573. The maximum Gasteiger partial charge on any atom is 0.264 e. The number of rotatable bonds is 3. The van der Waals surface area contributed by atoms with Crippen LogP contribution in [0.1, 0.15) is 5.56 Å². The summed E-state index contributed by atoms with van der Waals surface area (Å²) in [5.41, 5.74) is 5.98. The van der Waals surface area contributed by atoms with Crippen LogP contribution in [0.5, 0.6) is 0 Å². The summed E-state index contributed by atoms with van der Waals surface area (Å²) in [7, 11) is -4.20. The number of halogens is 3. The van der Waals surface area contributed by atoms with Crippen LogP contribution in [0.4, 0.5) is 15.8 Å². The Kier molecular flexibility index (Phi) is 4.32. The standard InChI is InChI=1S/C13H11Cl2FN2O2S/c1-7-2-3-9(15)11(4-7)18-21(19,20)12-6-8(14)5-10(17)13(12)16/h2-6,18H,17H2,1H3. The highest BCUT2D eigenvalue weighted by molar-refractivity contribution is 7.92. The van der Waals surface area contributed by atoms with E-state index in [4.69, 9.17) is 28.9 Å². The summed E-state index contributed by atoms with van der Waals surface area (Å²) in [4.78, 5) is -0.634. The average Bonchev–Trinajstić information content (AvgIpc) is 2.37. The van der Waals surface area contributed by atoms with Gasteiger partial charge in [0.1, 0.15) is 4.90 Å². The van der Waals surface area contributed by atoms with E-state index in [0.717, 1.165) is 17.7 Å². The number of hydrogen-bond donors (Lipinski definition) is 2.